The van der Waals surface area contributed by atoms with Crippen LogP contribution in [0.2, 0.25) is 5.02 Å². The Morgan fingerprint density at radius 3 is 2.45 bits per heavy atom. The van der Waals surface area contributed by atoms with Crippen LogP contribution in [0.3, 0.4) is 0 Å². The third-order valence-electron chi connectivity index (χ3n) is 5.16. The highest BCUT2D eigenvalue weighted by Gasteiger charge is 2.34. The van der Waals surface area contributed by atoms with E-state index in [-0.39, 0.29) is 0 Å². The fraction of sp³-hybridized carbons (Fsp3) is 0.667. The maximum absolute atomic E-state index is 5.95. The molecule has 2 aliphatic carbocycles. The third-order valence-corrected chi connectivity index (χ3v) is 5.41. The minimum Gasteiger partial charge on any atom is -0.311 e. The van der Waals surface area contributed by atoms with Crippen LogP contribution >= 0.6 is 11.6 Å². The molecule has 0 amide bonds. The van der Waals surface area contributed by atoms with E-state index in [4.69, 9.17) is 11.6 Å². The van der Waals surface area contributed by atoms with Crippen LogP contribution in [0, 0.1) is 5.41 Å². The van der Waals surface area contributed by atoms with Crippen LogP contribution in [-0.2, 0) is 0 Å². The van der Waals surface area contributed by atoms with Crippen LogP contribution < -0.4 is 5.32 Å². The van der Waals surface area contributed by atoms with Gasteiger partial charge >= 0.3 is 0 Å². The van der Waals surface area contributed by atoms with Crippen LogP contribution in [0.25, 0.3) is 0 Å². The Balaban J connectivity index is 1.47. The van der Waals surface area contributed by atoms with E-state index < -0.39 is 0 Å². The van der Waals surface area contributed by atoms with E-state index in [1.54, 1.807) is 0 Å². The summed E-state index contributed by atoms with van der Waals surface area (Å²) in [6.45, 7) is 4.83. The molecule has 0 bridgehead atoms. The molecule has 2 aliphatic rings. The molecule has 2 heteroatoms. The molecule has 0 aliphatic heterocycles. The molecule has 1 aromatic carbocycles. The SMILES string of the molecule is CC1(C)CCCC(NC2CC(c3ccc(Cl)cc3)C2)C1. The van der Waals surface area contributed by atoms with Gasteiger partial charge in [-0.1, -0.05) is 44.0 Å². The number of halogens is 1. The smallest absolute Gasteiger partial charge is 0.0406 e. The Morgan fingerprint density at radius 2 is 1.80 bits per heavy atom. The first kappa shape index (κ1) is 14.4. The van der Waals surface area contributed by atoms with E-state index in [1.807, 2.05) is 12.1 Å². The molecular formula is C18H26ClN. The van der Waals surface area contributed by atoms with Crippen molar-refractivity contribution < 1.29 is 0 Å². The summed E-state index contributed by atoms with van der Waals surface area (Å²) >= 11 is 5.95. The molecule has 110 valence electrons. The second kappa shape index (κ2) is 5.69. The lowest BCUT2D eigenvalue weighted by Gasteiger charge is -2.42. The van der Waals surface area contributed by atoms with Gasteiger partial charge in [0.1, 0.15) is 0 Å². The van der Waals surface area contributed by atoms with Gasteiger partial charge < -0.3 is 5.32 Å². The first-order valence-corrected chi connectivity index (χ1v) is 8.41. The van der Waals surface area contributed by atoms with Crippen LogP contribution in [0.5, 0.6) is 0 Å². The average molecular weight is 292 g/mol. The highest BCUT2D eigenvalue weighted by atomic mass is 35.5. The highest BCUT2D eigenvalue weighted by Crippen LogP contribution is 2.40. The van der Waals surface area contributed by atoms with E-state index in [0.717, 1.165) is 23.0 Å². The predicted molar refractivity (Wildman–Crippen MR) is 86.4 cm³/mol. The molecule has 0 radical (unpaired) electrons. The summed E-state index contributed by atoms with van der Waals surface area (Å²) in [6.07, 6.45) is 8.07. The number of hydrogen-bond acceptors (Lipinski definition) is 1. The Kier molecular flexibility index (Phi) is 4.10. The molecule has 20 heavy (non-hydrogen) atoms. The molecule has 1 nitrogen and oxygen atoms in total. The number of nitrogens with one attached hydrogen (secondary N) is 1. The lowest BCUT2D eigenvalue weighted by atomic mass is 9.72. The fourth-order valence-corrected chi connectivity index (χ4v) is 4.06. The zero-order valence-corrected chi connectivity index (χ0v) is 13.4. The monoisotopic (exact) mass is 291 g/mol. The fourth-order valence-electron chi connectivity index (χ4n) is 3.93. The molecule has 0 spiro atoms. The van der Waals surface area contributed by atoms with E-state index in [9.17, 15) is 0 Å². The van der Waals surface area contributed by atoms with Gasteiger partial charge in [0.25, 0.3) is 0 Å². The van der Waals surface area contributed by atoms with Crippen LogP contribution in [0.1, 0.15) is 63.9 Å². The number of benzene rings is 1. The summed E-state index contributed by atoms with van der Waals surface area (Å²) in [7, 11) is 0. The number of hydrogen-bond donors (Lipinski definition) is 1. The zero-order chi connectivity index (χ0) is 14.2. The molecule has 0 heterocycles. The first-order chi connectivity index (χ1) is 9.52. The quantitative estimate of drug-likeness (QED) is 0.812. The second-order valence-electron chi connectivity index (χ2n) is 7.54. The van der Waals surface area contributed by atoms with Gasteiger partial charge in [0.15, 0.2) is 0 Å². The summed E-state index contributed by atoms with van der Waals surface area (Å²) in [4.78, 5) is 0. The van der Waals surface area contributed by atoms with Crippen molar-refractivity contribution in [1.82, 2.24) is 5.32 Å². The maximum Gasteiger partial charge on any atom is 0.0406 e. The average Bonchev–Trinajstić information content (AvgIpc) is 2.34. The summed E-state index contributed by atoms with van der Waals surface area (Å²) in [6, 6.07) is 9.88. The van der Waals surface area contributed by atoms with Crippen LogP contribution in [-0.4, -0.2) is 12.1 Å². The minimum atomic E-state index is 0.537. The normalized spacial score (nSPS) is 32.6. The third kappa shape index (κ3) is 3.38. The van der Waals surface area contributed by atoms with Crippen molar-refractivity contribution in [2.24, 2.45) is 5.41 Å². The van der Waals surface area contributed by atoms with Gasteiger partial charge in [-0.2, -0.15) is 0 Å². The van der Waals surface area contributed by atoms with E-state index in [0.29, 0.717) is 5.41 Å². The summed E-state index contributed by atoms with van der Waals surface area (Å²) in [5, 5.41) is 4.74. The van der Waals surface area contributed by atoms with Crippen molar-refractivity contribution in [2.45, 2.75) is 70.4 Å². The largest absolute Gasteiger partial charge is 0.311 e. The molecule has 1 N–H and O–H groups in total. The Hall–Kier alpha value is -0.530. The molecule has 1 unspecified atom stereocenters. The highest BCUT2D eigenvalue weighted by molar-refractivity contribution is 6.30. The molecule has 3 rings (SSSR count). The van der Waals surface area contributed by atoms with Crippen molar-refractivity contribution in [3.8, 4) is 0 Å². The van der Waals surface area contributed by atoms with Crippen molar-refractivity contribution in [3.63, 3.8) is 0 Å². The van der Waals surface area contributed by atoms with E-state index >= 15 is 0 Å². The summed E-state index contributed by atoms with van der Waals surface area (Å²) in [5.74, 6) is 0.737. The van der Waals surface area contributed by atoms with Crippen molar-refractivity contribution >= 4 is 11.6 Å². The Labute approximate surface area is 128 Å². The summed E-state index contributed by atoms with van der Waals surface area (Å²) in [5.41, 5.74) is 1.99. The number of rotatable bonds is 3. The molecule has 1 atom stereocenters. The van der Waals surface area contributed by atoms with Gasteiger partial charge in [-0.15, -0.1) is 0 Å². The van der Waals surface area contributed by atoms with Gasteiger partial charge in [0, 0.05) is 17.1 Å². The van der Waals surface area contributed by atoms with Gasteiger partial charge in [0.05, 0.1) is 0 Å². The lowest BCUT2D eigenvalue weighted by molar-refractivity contribution is 0.165. The van der Waals surface area contributed by atoms with Gasteiger partial charge in [-0.3, -0.25) is 0 Å². The molecule has 0 saturated heterocycles. The molecule has 0 aromatic heterocycles. The van der Waals surface area contributed by atoms with E-state index in [2.05, 4.69) is 31.3 Å². The molecule has 2 fully saturated rings. The second-order valence-corrected chi connectivity index (χ2v) is 7.98. The van der Waals surface area contributed by atoms with Crippen LogP contribution in [0.15, 0.2) is 24.3 Å². The zero-order valence-electron chi connectivity index (χ0n) is 12.7. The first-order valence-electron chi connectivity index (χ1n) is 8.03. The predicted octanol–water partition coefficient (Wildman–Crippen LogP) is 5.14. The standard InChI is InChI=1S/C18H26ClN/c1-18(2)9-3-4-16(12-18)20-17-10-14(11-17)13-5-7-15(19)8-6-13/h5-8,14,16-17,20H,3-4,9-12H2,1-2H3. The molecule has 1 aromatic rings. The van der Waals surface area contributed by atoms with Crippen LogP contribution in [0.4, 0.5) is 0 Å². The minimum absolute atomic E-state index is 0.537. The summed E-state index contributed by atoms with van der Waals surface area (Å²) < 4.78 is 0. The lowest BCUT2D eigenvalue weighted by Crippen LogP contribution is -2.48. The van der Waals surface area contributed by atoms with Gasteiger partial charge in [-0.05, 0) is 61.1 Å². The molecule has 2 saturated carbocycles. The Morgan fingerprint density at radius 1 is 1.10 bits per heavy atom. The van der Waals surface area contributed by atoms with Crippen molar-refractivity contribution in [3.05, 3.63) is 34.9 Å². The van der Waals surface area contributed by atoms with Crippen molar-refractivity contribution in [2.75, 3.05) is 0 Å². The van der Waals surface area contributed by atoms with Crippen molar-refractivity contribution in [1.29, 1.82) is 0 Å². The topological polar surface area (TPSA) is 12.0 Å². The van der Waals surface area contributed by atoms with Gasteiger partial charge in [-0.25, -0.2) is 0 Å². The van der Waals surface area contributed by atoms with E-state index in [1.165, 1.54) is 44.1 Å². The van der Waals surface area contributed by atoms with Gasteiger partial charge in [0.2, 0.25) is 0 Å². The maximum atomic E-state index is 5.95. The Bertz CT molecular complexity index is 445. The molecular weight excluding hydrogens is 266 g/mol.